The van der Waals surface area contributed by atoms with Crippen LogP contribution in [0.2, 0.25) is 0 Å². The first-order chi connectivity index (χ1) is 9.49. The van der Waals surface area contributed by atoms with Crippen LogP contribution < -0.4 is 5.73 Å². The Bertz CT molecular complexity index is 481. The molecule has 1 saturated carbocycles. The van der Waals surface area contributed by atoms with Crippen LogP contribution in [0.3, 0.4) is 0 Å². The van der Waals surface area contributed by atoms with Gasteiger partial charge in [0.1, 0.15) is 5.82 Å². The van der Waals surface area contributed by atoms with Gasteiger partial charge in [0.15, 0.2) is 0 Å². The van der Waals surface area contributed by atoms with Crippen molar-refractivity contribution < 1.29 is 14.3 Å². The molecule has 1 aromatic rings. The maximum absolute atomic E-state index is 13.6. The lowest BCUT2D eigenvalue weighted by Crippen LogP contribution is -2.44. The van der Waals surface area contributed by atoms with Gasteiger partial charge in [0.05, 0.1) is 6.10 Å². The predicted octanol–water partition coefficient (Wildman–Crippen LogP) is 1.27. The van der Waals surface area contributed by atoms with Gasteiger partial charge < -0.3 is 15.7 Å². The Kier molecular flexibility index (Phi) is 4.73. The summed E-state index contributed by atoms with van der Waals surface area (Å²) >= 11 is 0. The lowest BCUT2D eigenvalue weighted by Gasteiger charge is -2.32. The fraction of sp³-hybridized carbons (Fsp3) is 0.533. The molecule has 110 valence electrons. The van der Waals surface area contributed by atoms with E-state index >= 15 is 0 Å². The zero-order valence-corrected chi connectivity index (χ0v) is 11.6. The summed E-state index contributed by atoms with van der Waals surface area (Å²) in [7, 11) is 1.66. The Balaban J connectivity index is 1.97. The van der Waals surface area contributed by atoms with E-state index in [-0.39, 0.29) is 30.2 Å². The summed E-state index contributed by atoms with van der Waals surface area (Å²) < 4.78 is 13.6. The third-order valence-electron chi connectivity index (χ3n) is 3.96. The number of aliphatic hydroxyl groups is 1. The molecule has 0 spiro atoms. The topological polar surface area (TPSA) is 66.6 Å². The summed E-state index contributed by atoms with van der Waals surface area (Å²) in [6, 6.07) is 6.19. The van der Waals surface area contributed by atoms with Crippen molar-refractivity contribution in [3.8, 4) is 0 Å². The van der Waals surface area contributed by atoms with E-state index < -0.39 is 6.10 Å². The first kappa shape index (κ1) is 14.9. The van der Waals surface area contributed by atoms with E-state index in [1.54, 1.807) is 25.2 Å². The first-order valence-electron chi connectivity index (χ1n) is 6.91. The number of aliphatic hydroxyl groups excluding tert-OH is 1. The van der Waals surface area contributed by atoms with E-state index in [0.717, 1.165) is 0 Å². The van der Waals surface area contributed by atoms with Crippen LogP contribution in [-0.2, 0) is 11.3 Å². The van der Waals surface area contributed by atoms with Gasteiger partial charge in [-0.05, 0) is 25.3 Å². The molecule has 1 aliphatic rings. The lowest BCUT2D eigenvalue weighted by molar-refractivity contribution is -0.137. The summed E-state index contributed by atoms with van der Waals surface area (Å²) in [5.41, 5.74) is 6.23. The van der Waals surface area contributed by atoms with Gasteiger partial charge in [0, 0.05) is 31.1 Å². The molecule has 4 nitrogen and oxygen atoms in total. The van der Waals surface area contributed by atoms with E-state index in [0.29, 0.717) is 24.8 Å². The maximum Gasteiger partial charge on any atom is 0.225 e. The van der Waals surface area contributed by atoms with Crippen LogP contribution in [0.5, 0.6) is 0 Å². The van der Waals surface area contributed by atoms with Crippen molar-refractivity contribution in [3.63, 3.8) is 0 Å². The van der Waals surface area contributed by atoms with Crippen LogP contribution in [0.15, 0.2) is 24.3 Å². The molecule has 0 aliphatic heterocycles. The van der Waals surface area contributed by atoms with Crippen LogP contribution in [0.4, 0.5) is 4.39 Å². The van der Waals surface area contributed by atoms with Crippen molar-refractivity contribution in [1.82, 2.24) is 4.90 Å². The smallest absolute Gasteiger partial charge is 0.225 e. The van der Waals surface area contributed by atoms with E-state index in [2.05, 4.69) is 0 Å². The summed E-state index contributed by atoms with van der Waals surface area (Å²) in [5, 5.41) is 9.76. The monoisotopic (exact) mass is 280 g/mol. The van der Waals surface area contributed by atoms with Crippen molar-refractivity contribution in [3.05, 3.63) is 35.6 Å². The number of benzene rings is 1. The summed E-state index contributed by atoms with van der Waals surface area (Å²) in [6.07, 6.45) is 1.09. The Labute approximate surface area is 118 Å². The molecule has 0 saturated heterocycles. The van der Waals surface area contributed by atoms with Crippen molar-refractivity contribution in [1.29, 1.82) is 0 Å². The third kappa shape index (κ3) is 3.35. The fourth-order valence-electron chi connectivity index (χ4n) is 2.67. The molecule has 2 rings (SSSR count). The molecular formula is C15H21FN2O2. The Morgan fingerprint density at radius 2 is 2.15 bits per heavy atom. The normalized spacial score (nSPS) is 26.3. The molecule has 3 N–H and O–H groups in total. The highest BCUT2D eigenvalue weighted by Crippen LogP contribution is 2.25. The van der Waals surface area contributed by atoms with Crippen LogP contribution >= 0.6 is 0 Å². The van der Waals surface area contributed by atoms with Crippen LogP contribution in [0, 0.1) is 11.7 Å². The number of rotatable bonds is 3. The number of amides is 1. The van der Waals surface area contributed by atoms with E-state index in [9.17, 15) is 14.3 Å². The fourth-order valence-corrected chi connectivity index (χ4v) is 2.67. The Morgan fingerprint density at radius 1 is 1.45 bits per heavy atom. The molecule has 20 heavy (non-hydrogen) atoms. The van der Waals surface area contributed by atoms with Crippen molar-refractivity contribution >= 4 is 5.91 Å². The second-order valence-corrected chi connectivity index (χ2v) is 5.53. The molecule has 0 heterocycles. The number of carbonyl (C=O) groups excluding carboxylic acids is 1. The molecule has 1 amide bonds. The standard InChI is InChI=1S/C15H21FN2O2/c1-18(9-11-4-2-3-5-12(11)16)15(20)10-6-7-13(17)14(19)8-10/h2-5,10,13-14,19H,6-9,17H2,1H3/t10-,13+,14+/m0/s1. The van der Waals surface area contributed by atoms with E-state index in [1.165, 1.54) is 11.0 Å². The molecule has 0 aromatic heterocycles. The van der Waals surface area contributed by atoms with E-state index in [1.807, 2.05) is 0 Å². The van der Waals surface area contributed by atoms with Gasteiger partial charge in [-0.1, -0.05) is 18.2 Å². The molecule has 1 aliphatic carbocycles. The lowest BCUT2D eigenvalue weighted by atomic mass is 9.83. The van der Waals surface area contributed by atoms with Gasteiger partial charge in [0.25, 0.3) is 0 Å². The number of hydrogen-bond donors (Lipinski definition) is 2. The minimum absolute atomic E-state index is 0.0563. The average molecular weight is 280 g/mol. The summed E-state index contributed by atoms with van der Waals surface area (Å²) in [5.74, 6) is -0.585. The first-order valence-corrected chi connectivity index (χ1v) is 6.91. The number of hydrogen-bond acceptors (Lipinski definition) is 3. The van der Waals surface area contributed by atoms with Gasteiger partial charge in [-0.3, -0.25) is 4.79 Å². The quantitative estimate of drug-likeness (QED) is 0.876. The van der Waals surface area contributed by atoms with Crippen molar-refractivity contribution in [2.45, 2.75) is 38.0 Å². The Morgan fingerprint density at radius 3 is 2.80 bits per heavy atom. The summed E-state index contributed by atoms with van der Waals surface area (Å²) in [4.78, 5) is 13.8. The zero-order chi connectivity index (χ0) is 14.7. The van der Waals surface area contributed by atoms with Gasteiger partial charge in [-0.25, -0.2) is 4.39 Å². The van der Waals surface area contributed by atoms with Crippen LogP contribution in [-0.4, -0.2) is 35.1 Å². The largest absolute Gasteiger partial charge is 0.391 e. The summed E-state index contributed by atoms with van der Waals surface area (Å²) in [6.45, 7) is 0.240. The molecule has 1 fully saturated rings. The maximum atomic E-state index is 13.6. The minimum Gasteiger partial charge on any atom is -0.391 e. The number of nitrogens with zero attached hydrogens (tertiary/aromatic N) is 1. The van der Waals surface area contributed by atoms with Gasteiger partial charge in [-0.2, -0.15) is 0 Å². The van der Waals surface area contributed by atoms with Gasteiger partial charge in [-0.15, -0.1) is 0 Å². The molecule has 3 atom stereocenters. The third-order valence-corrected chi connectivity index (χ3v) is 3.96. The second-order valence-electron chi connectivity index (χ2n) is 5.53. The molecular weight excluding hydrogens is 259 g/mol. The molecule has 0 bridgehead atoms. The molecule has 5 heteroatoms. The highest BCUT2D eigenvalue weighted by molar-refractivity contribution is 5.78. The SMILES string of the molecule is CN(Cc1ccccc1F)C(=O)[C@H]1CC[C@@H](N)[C@H](O)C1. The molecule has 0 radical (unpaired) electrons. The van der Waals surface area contributed by atoms with Crippen molar-refractivity contribution in [2.75, 3.05) is 7.05 Å². The zero-order valence-electron chi connectivity index (χ0n) is 11.6. The minimum atomic E-state index is -0.625. The predicted molar refractivity (Wildman–Crippen MR) is 74.2 cm³/mol. The highest BCUT2D eigenvalue weighted by atomic mass is 19.1. The Hall–Kier alpha value is -1.46. The van der Waals surface area contributed by atoms with Crippen molar-refractivity contribution in [2.24, 2.45) is 11.7 Å². The van der Waals surface area contributed by atoms with E-state index in [4.69, 9.17) is 5.73 Å². The number of nitrogens with two attached hydrogens (primary N) is 1. The van der Waals surface area contributed by atoms with Crippen LogP contribution in [0.25, 0.3) is 0 Å². The average Bonchev–Trinajstić information content (AvgIpc) is 2.43. The second kappa shape index (κ2) is 6.33. The molecule has 0 unspecified atom stereocenters. The van der Waals surface area contributed by atoms with Gasteiger partial charge >= 0.3 is 0 Å². The van der Waals surface area contributed by atoms with Crippen LogP contribution in [0.1, 0.15) is 24.8 Å². The highest BCUT2D eigenvalue weighted by Gasteiger charge is 2.32. The number of carbonyl (C=O) groups is 1. The van der Waals surface area contributed by atoms with Gasteiger partial charge in [0.2, 0.25) is 5.91 Å². The molecule has 1 aromatic carbocycles. The number of halogens is 1.